The summed E-state index contributed by atoms with van der Waals surface area (Å²) < 4.78 is 0. The molecule has 1 amide bonds. The van der Waals surface area contributed by atoms with Crippen LogP contribution in [-0.4, -0.2) is 22.7 Å². The number of H-pyrrole nitrogens is 1. The molecule has 1 aromatic rings. The molecule has 2 N–H and O–H groups in total. The van der Waals surface area contributed by atoms with Crippen LogP contribution in [0.25, 0.3) is 0 Å². The van der Waals surface area contributed by atoms with Crippen LogP contribution in [0.3, 0.4) is 0 Å². The number of aromatic nitrogens is 1. The van der Waals surface area contributed by atoms with Crippen LogP contribution in [0.5, 0.6) is 0 Å². The third-order valence-corrected chi connectivity index (χ3v) is 3.67. The van der Waals surface area contributed by atoms with Gasteiger partial charge in [-0.1, -0.05) is 6.92 Å². The number of hydrogen-bond donors (Lipinski definition) is 2. The van der Waals surface area contributed by atoms with Crippen LogP contribution in [0.4, 0.5) is 0 Å². The Kier molecular flexibility index (Phi) is 2.77. The lowest BCUT2D eigenvalue weighted by atomic mass is 9.86. The summed E-state index contributed by atoms with van der Waals surface area (Å²) in [6, 6.07) is 1.65. The predicted octanol–water partition coefficient (Wildman–Crippen LogP) is 1.03. The Morgan fingerprint density at radius 2 is 2.05 bits per heavy atom. The molecule has 1 aromatic heterocycles. The number of ketones is 1. The van der Waals surface area contributed by atoms with Crippen molar-refractivity contribution in [2.45, 2.75) is 38.6 Å². The fraction of sp³-hybridized carbons (Fsp3) is 0.500. The first-order chi connectivity index (χ1) is 9.04. The number of hydrogen-bond acceptors (Lipinski definition) is 3. The molecule has 100 valence electrons. The summed E-state index contributed by atoms with van der Waals surface area (Å²) in [6.07, 6.45) is 3.08. The van der Waals surface area contributed by atoms with Gasteiger partial charge in [0.05, 0.1) is 0 Å². The van der Waals surface area contributed by atoms with Gasteiger partial charge in [0.15, 0.2) is 5.78 Å². The minimum Gasteiger partial charge on any atom is -0.349 e. The number of nitrogens with one attached hydrogen (secondary N) is 2. The number of fused-ring (bicyclic) bond motifs is 1. The van der Waals surface area contributed by atoms with Crippen molar-refractivity contribution in [1.29, 1.82) is 0 Å². The second-order valence-corrected chi connectivity index (χ2v) is 5.59. The Morgan fingerprint density at radius 1 is 1.32 bits per heavy atom. The minimum atomic E-state index is -0.404. The number of pyridine rings is 1. The van der Waals surface area contributed by atoms with Crippen LogP contribution in [-0.2, 0) is 6.42 Å². The molecule has 0 saturated heterocycles. The molecule has 1 fully saturated rings. The summed E-state index contributed by atoms with van der Waals surface area (Å²) in [4.78, 5) is 38.5. The van der Waals surface area contributed by atoms with E-state index < -0.39 is 5.56 Å². The highest BCUT2D eigenvalue weighted by Gasteiger charge is 2.28. The van der Waals surface area contributed by atoms with Crippen molar-refractivity contribution in [3.8, 4) is 0 Å². The van der Waals surface area contributed by atoms with E-state index in [0.717, 1.165) is 12.8 Å². The van der Waals surface area contributed by atoms with E-state index in [-0.39, 0.29) is 29.2 Å². The zero-order valence-electron chi connectivity index (χ0n) is 10.8. The number of rotatable bonds is 2. The molecular formula is C14H16N2O3. The van der Waals surface area contributed by atoms with Crippen molar-refractivity contribution in [2.24, 2.45) is 5.92 Å². The minimum absolute atomic E-state index is 0.00507. The van der Waals surface area contributed by atoms with Gasteiger partial charge < -0.3 is 10.3 Å². The summed E-state index contributed by atoms with van der Waals surface area (Å²) in [7, 11) is 0. The van der Waals surface area contributed by atoms with Crippen LogP contribution >= 0.6 is 0 Å². The van der Waals surface area contributed by atoms with Crippen molar-refractivity contribution in [2.75, 3.05) is 0 Å². The smallest absolute Gasteiger partial charge is 0.261 e. The van der Waals surface area contributed by atoms with E-state index in [4.69, 9.17) is 0 Å². The van der Waals surface area contributed by atoms with Gasteiger partial charge >= 0.3 is 0 Å². The second-order valence-electron chi connectivity index (χ2n) is 5.59. The Labute approximate surface area is 110 Å². The first kappa shape index (κ1) is 12.1. The molecule has 0 spiro atoms. The van der Waals surface area contributed by atoms with E-state index in [2.05, 4.69) is 10.3 Å². The Hall–Kier alpha value is -1.91. The first-order valence-corrected chi connectivity index (χ1v) is 6.65. The molecule has 1 saturated carbocycles. The maximum atomic E-state index is 12.0. The van der Waals surface area contributed by atoms with Crippen molar-refractivity contribution in [3.05, 3.63) is 33.2 Å². The Bertz CT molecular complexity index is 614. The maximum absolute atomic E-state index is 12.0. The summed E-state index contributed by atoms with van der Waals surface area (Å²) in [5.74, 6) is -0.134. The highest BCUT2D eigenvalue weighted by molar-refractivity contribution is 6.01. The molecule has 3 rings (SSSR count). The van der Waals surface area contributed by atoms with Gasteiger partial charge in [-0.3, -0.25) is 14.4 Å². The van der Waals surface area contributed by atoms with Crippen LogP contribution in [0.1, 0.15) is 52.6 Å². The van der Waals surface area contributed by atoms with Gasteiger partial charge in [0.2, 0.25) is 0 Å². The first-order valence-electron chi connectivity index (χ1n) is 6.65. The fourth-order valence-corrected chi connectivity index (χ4v) is 2.49. The summed E-state index contributed by atoms with van der Waals surface area (Å²) in [6.45, 7) is 1.98. The molecule has 0 radical (unpaired) electrons. The fourth-order valence-electron chi connectivity index (χ4n) is 2.49. The van der Waals surface area contributed by atoms with E-state index in [0.29, 0.717) is 24.1 Å². The largest absolute Gasteiger partial charge is 0.349 e. The number of aromatic amines is 1. The highest BCUT2D eigenvalue weighted by atomic mass is 16.2. The topological polar surface area (TPSA) is 79.0 Å². The van der Waals surface area contributed by atoms with E-state index in [1.165, 1.54) is 6.07 Å². The SMILES string of the molecule is C[C@@H]1CC(=O)c2cc(C(=O)NC3CC3)c(=O)[nH]c2C1. The number of carbonyl (C=O) groups is 2. The van der Waals surface area contributed by atoms with E-state index in [1.807, 2.05) is 6.92 Å². The molecule has 19 heavy (non-hydrogen) atoms. The van der Waals surface area contributed by atoms with Crippen molar-refractivity contribution >= 4 is 11.7 Å². The van der Waals surface area contributed by atoms with Crippen molar-refractivity contribution in [1.82, 2.24) is 10.3 Å². The average Bonchev–Trinajstić information content (AvgIpc) is 3.11. The Morgan fingerprint density at radius 3 is 2.74 bits per heavy atom. The zero-order chi connectivity index (χ0) is 13.6. The monoisotopic (exact) mass is 260 g/mol. The second kappa shape index (κ2) is 4.33. The maximum Gasteiger partial charge on any atom is 0.261 e. The van der Waals surface area contributed by atoms with Crippen molar-refractivity contribution in [3.63, 3.8) is 0 Å². The summed E-state index contributed by atoms with van der Waals surface area (Å²) in [5.41, 5.74) is 0.808. The van der Waals surface area contributed by atoms with Gasteiger partial charge in [-0.25, -0.2) is 0 Å². The van der Waals surface area contributed by atoms with Crippen LogP contribution < -0.4 is 10.9 Å². The molecule has 0 bridgehead atoms. The lowest BCUT2D eigenvalue weighted by molar-refractivity contribution is 0.0949. The lowest BCUT2D eigenvalue weighted by Gasteiger charge is -2.20. The number of carbonyl (C=O) groups excluding carboxylic acids is 2. The molecule has 2 aliphatic rings. The molecule has 1 atom stereocenters. The van der Waals surface area contributed by atoms with Gasteiger partial charge in [-0.15, -0.1) is 0 Å². The van der Waals surface area contributed by atoms with E-state index >= 15 is 0 Å². The standard InChI is InChI=1S/C14H16N2O3/c1-7-4-11-9(12(17)5-7)6-10(14(19)16-11)13(18)15-8-2-3-8/h6-8H,2-5H2,1H3,(H,15,18)(H,16,19)/t7-/m0/s1. The average molecular weight is 260 g/mol. The molecular weight excluding hydrogens is 244 g/mol. The van der Waals surface area contributed by atoms with Gasteiger partial charge in [-0.2, -0.15) is 0 Å². The Balaban J connectivity index is 1.98. The quantitative estimate of drug-likeness (QED) is 0.833. The molecule has 1 heterocycles. The zero-order valence-corrected chi connectivity index (χ0v) is 10.8. The molecule has 2 aliphatic carbocycles. The number of Topliss-reactive ketones (excluding diaryl/α,β-unsaturated/α-hetero) is 1. The molecule has 0 aromatic carbocycles. The highest BCUT2D eigenvalue weighted by Crippen LogP contribution is 2.24. The van der Waals surface area contributed by atoms with Gasteiger partial charge in [0.25, 0.3) is 11.5 Å². The van der Waals surface area contributed by atoms with Crippen LogP contribution in [0, 0.1) is 5.92 Å². The lowest BCUT2D eigenvalue weighted by Crippen LogP contribution is -2.33. The molecule has 5 heteroatoms. The summed E-state index contributed by atoms with van der Waals surface area (Å²) in [5, 5.41) is 2.77. The van der Waals surface area contributed by atoms with Gasteiger partial charge in [0, 0.05) is 23.7 Å². The molecule has 5 nitrogen and oxygen atoms in total. The molecule has 0 unspecified atom stereocenters. The van der Waals surface area contributed by atoms with Crippen LogP contribution in [0.15, 0.2) is 10.9 Å². The third-order valence-electron chi connectivity index (χ3n) is 3.67. The van der Waals surface area contributed by atoms with E-state index in [1.54, 1.807) is 0 Å². The predicted molar refractivity (Wildman–Crippen MR) is 69.4 cm³/mol. The van der Waals surface area contributed by atoms with Crippen LogP contribution in [0.2, 0.25) is 0 Å². The van der Waals surface area contributed by atoms with Gasteiger partial charge in [0.1, 0.15) is 5.56 Å². The summed E-state index contributed by atoms with van der Waals surface area (Å²) >= 11 is 0. The van der Waals surface area contributed by atoms with Crippen molar-refractivity contribution < 1.29 is 9.59 Å². The third kappa shape index (κ3) is 2.32. The molecule has 0 aliphatic heterocycles. The number of amides is 1. The van der Waals surface area contributed by atoms with E-state index in [9.17, 15) is 14.4 Å². The van der Waals surface area contributed by atoms with Gasteiger partial charge in [-0.05, 0) is 31.2 Å². The normalized spacial score (nSPS) is 21.9.